The molecule has 2 aromatic carbocycles. The van der Waals surface area contributed by atoms with E-state index in [4.69, 9.17) is 0 Å². The van der Waals surface area contributed by atoms with Gasteiger partial charge in [0.15, 0.2) is 17.1 Å². The third kappa shape index (κ3) is 3.50. The maximum absolute atomic E-state index is 14.2. The first-order valence-electron chi connectivity index (χ1n) is 11.4. The zero-order chi connectivity index (χ0) is 23.0. The van der Waals surface area contributed by atoms with Crippen molar-refractivity contribution in [2.24, 2.45) is 0 Å². The molecule has 1 aliphatic heterocycles. The normalized spacial score (nSPS) is 18.5. The predicted octanol–water partition coefficient (Wildman–Crippen LogP) is 3.88. The van der Waals surface area contributed by atoms with Gasteiger partial charge < -0.3 is 0 Å². The van der Waals surface area contributed by atoms with Crippen LogP contribution in [0.5, 0.6) is 0 Å². The van der Waals surface area contributed by atoms with Crippen LogP contribution in [-0.2, 0) is 18.5 Å². The Morgan fingerprint density at radius 1 is 0.879 bits per heavy atom. The van der Waals surface area contributed by atoms with Crippen molar-refractivity contribution in [3.63, 3.8) is 0 Å². The molecule has 0 spiro atoms. The summed E-state index contributed by atoms with van der Waals surface area (Å²) in [5, 5.41) is 0. The topological polar surface area (TPSA) is 53.5 Å². The predicted molar refractivity (Wildman–Crippen MR) is 124 cm³/mol. The molecule has 0 radical (unpaired) electrons. The fourth-order valence-electron chi connectivity index (χ4n) is 5.25. The molecule has 1 aliphatic carbocycles. The summed E-state index contributed by atoms with van der Waals surface area (Å²) < 4.78 is 14.2. The number of aromatic nitrogens is 1. The molecule has 168 valence electrons. The number of pyridine rings is 1. The highest BCUT2D eigenvalue weighted by Gasteiger charge is 2.58. The number of carbonyl (C=O) groups is 2. The molecule has 5 rings (SSSR count). The highest BCUT2D eigenvalue weighted by molar-refractivity contribution is 6.32. The van der Waals surface area contributed by atoms with Crippen LogP contribution >= 0.6 is 0 Å². The van der Waals surface area contributed by atoms with E-state index in [1.54, 1.807) is 24.3 Å². The molecule has 5 nitrogen and oxygen atoms in total. The second-order valence-electron chi connectivity index (χ2n) is 8.69. The smallest absolute Gasteiger partial charge is 0.196 e. The van der Waals surface area contributed by atoms with Crippen LogP contribution in [0.15, 0.2) is 67.0 Å². The summed E-state index contributed by atoms with van der Waals surface area (Å²) in [6.07, 6.45) is 3.53. The summed E-state index contributed by atoms with van der Waals surface area (Å²) in [5.41, 5.74) is 2.17. The number of carbonyl (C=O) groups excluding carboxylic acids is 2. The van der Waals surface area contributed by atoms with Crippen LogP contribution < -0.4 is 0 Å². The number of ketones is 2. The average Bonchev–Trinajstić information content (AvgIpc) is 3.08. The third-order valence-corrected chi connectivity index (χ3v) is 6.94. The van der Waals surface area contributed by atoms with E-state index in [9.17, 15) is 14.0 Å². The number of rotatable bonds is 5. The van der Waals surface area contributed by atoms with E-state index in [1.807, 2.05) is 4.90 Å². The Morgan fingerprint density at radius 2 is 1.48 bits per heavy atom. The largest absolute Gasteiger partial charge is 0.297 e. The third-order valence-electron chi connectivity index (χ3n) is 6.94. The van der Waals surface area contributed by atoms with E-state index in [2.05, 4.69) is 41.1 Å². The lowest BCUT2D eigenvalue weighted by atomic mass is 9.83. The Hall–Kier alpha value is -3.22. The van der Waals surface area contributed by atoms with Gasteiger partial charge in [0, 0.05) is 55.6 Å². The van der Waals surface area contributed by atoms with Crippen LogP contribution in [0.1, 0.15) is 44.3 Å². The van der Waals surface area contributed by atoms with E-state index >= 15 is 0 Å². The van der Waals surface area contributed by atoms with Gasteiger partial charge >= 0.3 is 0 Å². The molecule has 1 aromatic heterocycles. The minimum absolute atomic E-state index is 0.291. The van der Waals surface area contributed by atoms with Crippen LogP contribution in [0.3, 0.4) is 0 Å². The Morgan fingerprint density at radius 3 is 2.09 bits per heavy atom. The maximum atomic E-state index is 14.2. The van der Waals surface area contributed by atoms with Crippen LogP contribution in [0.2, 0.25) is 0 Å². The lowest BCUT2D eigenvalue weighted by molar-refractivity contribution is 0.0277. The molecule has 0 unspecified atom stereocenters. The number of aryl methyl sites for hydroxylation is 1. The van der Waals surface area contributed by atoms with Crippen molar-refractivity contribution in [1.82, 2.24) is 14.8 Å². The van der Waals surface area contributed by atoms with Crippen LogP contribution in [-0.4, -0.2) is 52.5 Å². The van der Waals surface area contributed by atoms with Crippen molar-refractivity contribution in [3.8, 4) is 0 Å². The molecule has 33 heavy (non-hydrogen) atoms. The highest BCUT2D eigenvalue weighted by Crippen LogP contribution is 2.43. The Kier molecular flexibility index (Phi) is 5.64. The van der Waals surface area contributed by atoms with E-state index in [0.717, 1.165) is 19.2 Å². The van der Waals surface area contributed by atoms with Gasteiger partial charge in [-0.25, -0.2) is 4.39 Å². The molecular weight excluding hydrogens is 417 g/mol. The zero-order valence-corrected chi connectivity index (χ0v) is 18.6. The molecule has 0 amide bonds. The van der Waals surface area contributed by atoms with Gasteiger partial charge in [-0.15, -0.1) is 0 Å². The molecule has 1 fully saturated rings. The van der Waals surface area contributed by atoms with Gasteiger partial charge in [-0.2, -0.15) is 0 Å². The number of hydrogen-bond acceptors (Lipinski definition) is 5. The molecule has 2 heterocycles. The van der Waals surface area contributed by atoms with Gasteiger partial charge in [0.25, 0.3) is 0 Å². The maximum Gasteiger partial charge on any atom is 0.196 e. The lowest BCUT2D eigenvalue weighted by Gasteiger charge is -2.44. The number of halogens is 1. The standard InChI is InChI=1S/C27H26FN3O2/c1-2-19-7-3-4-8-20(19)18-30-11-13-31(14-12-30)27(21-15-22(28)17-29-16-21)25(32)23-9-5-6-10-24(23)26(27)33/h3-10,15-17H,2,11-14,18H2,1H3. The molecule has 1 saturated heterocycles. The average molecular weight is 444 g/mol. The molecule has 0 atom stereocenters. The van der Waals surface area contributed by atoms with Gasteiger partial charge in [-0.05, 0) is 23.6 Å². The minimum Gasteiger partial charge on any atom is -0.297 e. The second-order valence-corrected chi connectivity index (χ2v) is 8.69. The summed E-state index contributed by atoms with van der Waals surface area (Å²) >= 11 is 0. The summed E-state index contributed by atoms with van der Waals surface area (Å²) in [4.78, 5) is 35.8. The summed E-state index contributed by atoms with van der Waals surface area (Å²) in [6, 6.07) is 16.6. The van der Waals surface area contributed by atoms with Crippen molar-refractivity contribution in [3.05, 3.63) is 101 Å². The Labute approximate surface area is 192 Å². The molecular formula is C27H26FN3O2. The number of Topliss-reactive ketones (excluding diaryl/α,β-unsaturated/α-hetero) is 2. The first-order chi connectivity index (χ1) is 16.1. The summed E-state index contributed by atoms with van der Waals surface area (Å²) in [6.45, 7) is 5.45. The quantitative estimate of drug-likeness (QED) is 0.561. The first-order valence-corrected chi connectivity index (χ1v) is 11.4. The first kappa shape index (κ1) is 21.6. The fourth-order valence-corrected chi connectivity index (χ4v) is 5.25. The van der Waals surface area contributed by atoms with Crippen LogP contribution in [0.25, 0.3) is 0 Å². The highest BCUT2D eigenvalue weighted by atomic mass is 19.1. The molecule has 0 saturated carbocycles. The molecule has 3 aromatic rings. The number of hydrogen-bond donors (Lipinski definition) is 0. The Balaban J connectivity index is 1.46. The monoisotopic (exact) mass is 443 g/mol. The number of piperazine rings is 1. The fraction of sp³-hybridized carbons (Fsp3) is 0.296. The van der Waals surface area contributed by atoms with Crippen LogP contribution in [0.4, 0.5) is 4.39 Å². The van der Waals surface area contributed by atoms with Crippen molar-refractivity contribution >= 4 is 11.6 Å². The molecule has 0 N–H and O–H groups in total. The van der Waals surface area contributed by atoms with E-state index in [-0.39, 0.29) is 11.6 Å². The number of nitrogens with zero attached hydrogens (tertiary/aromatic N) is 3. The molecule has 2 aliphatic rings. The molecule has 6 heteroatoms. The van der Waals surface area contributed by atoms with E-state index in [0.29, 0.717) is 42.9 Å². The number of benzene rings is 2. The minimum atomic E-state index is -1.56. The second kappa shape index (κ2) is 8.61. The van der Waals surface area contributed by atoms with Gasteiger partial charge in [-0.3, -0.25) is 24.4 Å². The summed E-state index contributed by atoms with van der Waals surface area (Å²) in [5.74, 6) is -1.14. The van der Waals surface area contributed by atoms with Gasteiger partial charge in [-0.1, -0.05) is 55.5 Å². The van der Waals surface area contributed by atoms with Gasteiger partial charge in [0.05, 0.1) is 6.20 Å². The summed E-state index contributed by atoms with van der Waals surface area (Å²) in [7, 11) is 0. The Bertz CT molecular complexity index is 1180. The van der Waals surface area contributed by atoms with Crippen molar-refractivity contribution in [2.45, 2.75) is 25.4 Å². The van der Waals surface area contributed by atoms with Crippen molar-refractivity contribution < 1.29 is 14.0 Å². The lowest BCUT2D eigenvalue weighted by Crippen LogP contribution is -2.60. The zero-order valence-electron chi connectivity index (χ0n) is 18.6. The van der Waals surface area contributed by atoms with Gasteiger partial charge in [0.1, 0.15) is 5.82 Å². The molecule has 0 bridgehead atoms. The van der Waals surface area contributed by atoms with Crippen molar-refractivity contribution in [1.29, 1.82) is 0 Å². The SMILES string of the molecule is CCc1ccccc1CN1CCN(C2(c3cncc(F)c3)C(=O)c3ccccc3C2=O)CC1. The number of fused-ring (bicyclic) bond motifs is 1. The van der Waals surface area contributed by atoms with Crippen molar-refractivity contribution in [2.75, 3.05) is 26.2 Å². The van der Waals surface area contributed by atoms with Gasteiger partial charge in [0.2, 0.25) is 0 Å². The van der Waals surface area contributed by atoms with E-state index in [1.165, 1.54) is 23.4 Å². The van der Waals surface area contributed by atoms with E-state index < -0.39 is 11.4 Å². The van der Waals surface area contributed by atoms with Crippen LogP contribution in [0, 0.1) is 5.82 Å².